The molecule has 2 aromatic rings. The number of hydrogen-bond donors (Lipinski definition) is 6. The molecule has 12 nitrogen and oxygen atoms in total. The minimum absolute atomic E-state index is 0.0520. The number of carbonyl (C=O) groups is 4. The van der Waals surface area contributed by atoms with Gasteiger partial charge in [0.1, 0.15) is 22.8 Å². The highest BCUT2D eigenvalue weighted by Crippen LogP contribution is 2.53. The van der Waals surface area contributed by atoms with Crippen molar-refractivity contribution in [3.8, 4) is 5.75 Å². The lowest BCUT2D eigenvalue weighted by molar-refractivity contribution is -0.148. The second kappa shape index (κ2) is 11.5. The molecule has 46 heavy (non-hydrogen) atoms. The number of rotatable bonds is 7. The van der Waals surface area contributed by atoms with Crippen molar-refractivity contribution in [2.75, 3.05) is 26.5 Å². The van der Waals surface area contributed by atoms with Gasteiger partial charge < -0.3 is 31.5 Å². The average molecular weight is 653 g/mol. The summed E-state index contributed by atoms with van der Waals surface area (Å²) in [6.45, 7) is 3.60. The number of aliphatic hydroxyl groups is 3. The molecule has 3 aliphatic carbocycles. The maximum Gasteiger partial charge on any atom is 0.255 e. The van der Waals surface area contributed by atoms with Crippen LogP contribution in [0.3, 0.4) is 0 Å². The highest BCUT2D eigenvalue weighted by atomic mass is 35.5. The number of fused-ring (bicyclic) bond motifs is 3. The van der Waals surface area contributed by atoms with E-state index >= 15 is 0 Å². The zero-order valence-electron chi connectivity index (χ0n) is 26.1. The van der Waals surface area contributed by atoms with E-state index < -0.39 is 69.3 Å². The van der Waals surface area contributed by atoms with Gasteiger partial charge in [-0.15, -0.1) is 0 Å². The van der Waals surface area contributed by atoms with Gasteiger partial charge in [0.05, 0.1) is 17.1 Å². The quantitative estimate of drug-likeness (QED) is 0.242. The lowest BCUT2D eigenvalue weighted by Gasteiger charge is -2.50. The van der Waals surface area contributed by atoms with Gasteiger partial charge >= 0.3 is 0 Å². The second-order valence-electron chi connectivity index (χ2n) is 12.9. The van der Waals surface area contributed by atoms with Crippen LogP contribution in [-0.4, -0.2) is 91.9 Å². The first-order valence-electron chi connectivity index (χ1n) is 14.7. The average Bonchev–Trinajstić information content (AvgIpc) is 2.97. The van der Waals surface area contributed by atoms with Crippen LogP contribution < -0.4 is 11.1 Å². The molecule has 0 fully saturated rings. The van der Waals surface area contributed by atoms with Gasteiger partial charge in [0.15, 0.2) is 11.4 Å². The highest BCUT2D eigenvalue weighted by molar-refractivity contribution is 6.33. The molecule has 13 heteroatoms. The number of allylic oxidation sites excluding steroid dienone is 1. The second-order valence-corrected chi connectivity index (χ2v) is 13.3. The third-order valence-corrected chi connectivity index (χ3v) is 10.2. The smallest absolute Gasteiger partial charge is 0.255 e. The molecule has 244 valence electrons. The van der Waals surface area contributed by atoms with E-state index in [9.17, 15) is 39.6 Å². The summed E-state index contributed by atoms with van der Waals surface area (Å²) < 4.78 is 0. The first-order chi connectivity index (χ1) is 21.4. The predicted molar refractivity (Wildman–Crippen MR) is 169 cm³/mol. The summed E-state index contributed by atoms with van der Waals surface area (Å²) in [6.07, 6.45) is -0.00392. The van der Waals surface area contributed by atoms with Gasteiger partial charge in [-0.2, -0.15) is 0 Å². The van der Waals surface area contributed by atoms with Crippen molar-refractivity contribution in [3.63, 3.8) is 0 Å². The molecule has 0 saturated heterocycles. The zero-order valence-corrected chi connectivity index (χ0v) is 26.8. The fourth-order valence-corrected chi connectivity index (χ4v) is 7.19. The Balaban J connectivity index is 1.52. The molecular weight excluding hydrogens is 616 g/mol. The third-order valence-electron chi connectivity index (χ3n) is 9.68. The van der Waals surface area contributed by atoms with Crippen LogP contribution in [-0.2, 0) is 27.3 Å². The lowest BCUT2D eigenvalue weighted by Crippen LogP contribution is -2.63. The Morgan fingerprint density at radius 3 is 2.33 bits per heavy atom. The molecular formula is C33H37ClN4O8. The van der Waals surface area contributed by atoms with Gasteiger partial charge in [0, 0.05) is 28.7 Å². The summed E-state index contributed by atoms with van der Waals surface area (Å²) in [5.74, 6) is -7.62. The number of aromatic hydroxyl groups is 1. The number of phenols is 1. The number of Topliss-reactive ketones (excluding diaryl/α,β-unsaturated/α-hetero) is 2. The number of benzene rings is 2. The van der Waals surface area contributed by atoms with E-state index in [4.69, 9.17) is 17.3 Å². The zero-order chi connectivity index (χ0) is 34.0. The molecule has 0 radical (unpaired) electrons. The van der Waals surface area contributed by atoms with Crippen molar-refractivity contribution in [1.29, 1.82) is 0 Å². The van der Waals surface area contributed by atoms with Crippen molar-refractivity contribution >= 4 is 40.7 Å². The third kappa shape index (κ3) is 4.96. The number of phenolic OH excluding ortho intramolecular Hbond substituents is 1. The monoisotopic (exact) mass is 652 g/mol. The molecule has 0 aliphatic heterocycles. The van der Waals surface area contributed by atoms with Crippen LogP contribution >= 0.6 is 11.6 Å². The SMILES string of the molecule is CN(C)[C@@H]1C(O)=C(C(N)=O)C(=O)[C@@]2(O)C(O)=C3C(=O)c4c(O)cc(CN(C)C(C)(C)C(=O)Nc5ccccc5)c(Cl)c4C[C@H]3C[C@@H]12. The minimum Gasteiger partial charge on any atom is -0.510 e. The number of nitrogens with one attached hydrogen (secondary N) is 1. The number of halogens is 1. The van der Waals surface area contributed by atoms with Gasteiger partial charge in [0.25, 0.3) is 5.91 Å². The fraction of sp³-hybridized carbons (Fsp3) is 0.394. The Morgan fingerprint density at radius 2 is 1.74 bits per heavy atom. The van der Waals surface area contributed by atoms with Crippen molar-refractivity contribution in [1.82, 2.24) is 9.80 Å². The molecule has 0 spiro atoms. The minimum atomic E-state index is -2.72. The molecule has 5 rings (SSSR count). The van der Waals surface area contributed by atoms with Crippen LogP contribution in [0.5, 0.6) is 5.75 Å². The summed E-state index contributed by atoms with van der Waals surface area (Å²) in [6, 6.07) is 9.22. The van der Waals surface area contributed by atoms with Crippen molar-refractivity contribution in [2.45, 2.75) is 50.4 Å². The largest absolute Gasteiger partial charge is 0.510 e. The maximum atomic E-state index is 13.9. The summed E-state index contributed by atoms with van der Waals surface area (Å²) in [5, 5.41) is 48.3. The number of ketones is 2. The molecule has 0 unspecified atom stereocenters. The van der Waals surface area contributed by atoms with Crippen LogP contribution in [0, 0.1) is 11.8 Å². The van der Waals surface area contributed by atoms with Crippen LogP contribution in [0.2, 0.25) is 5.02 Å². The molecule has 0 bridgehead atoms. The first kappa shape index (κ1) is 33.1. The molecule has 3 aliphatic rings. The molecule has 7 N–H and O–H groups in total. The van der Waals surface area contributed by atoms with Crippen LogP contribution in [0.15, 0.2) is 59.1 Å². The van der Waals surface area contributed by atoms with E-state index in [-0.39, 0.29) is 41.5 Å². The highest BCUT2D eigenvalue weighted by Gasteiger charge is 2.63. The predicted octanol–water partition coefficient (Wildman–Crippen LogP) is 2.62. The van der Waals surface area contributed by atoms with Crippen molar-refractivity contribution in [3.05, 3.63) is 80.8 Å². The van der Waals surface area contributed by atoms with E-state index in [1.54, 1.807) is 64.2 Å². The number of aliphatic hydroxyl groups excluding tert-OH is 2. The van der Waals surface area contributed by atoms with Crippen molar-refractivity contribution < 1.29 is 39.6 Å². The molecule has 0 saturated carbocycles. The topological polar surface area (TPSA) is 194 Å². The molecule has 0 heterocycles. The normalized spacial score (nSPS) is 24.6. The number of likely N-dealkylation sites (N-methyl/N-ethyl adjacent to an activating group) is 2. The van der Waals surface area contributed by atoms with E-state index in [1.807, 2.05) is 6.07 Å². The van der Waals surface area contributed by atoms with Gasteiger partial charge in [-0.25, -0.2) is 0 Å². The number of primary amides is 1. The number of nitrogens with two attached hydrogens (primary N) is 1. The van der Waals surface area contributed by atoms with E-state index in [2.05, 4.69) is 5.32 Å². The Bertz CT molecular complexity index is 1730. The van der Waals surface area contributed by atoms with E-state index in [0.29, 0.717) is 16.8 Å². The van der Waals surface area contributed by atoms with Gasteiger partial charge in [-0.05, 0) is 83.1 Å². The number of hydrogen-bond acceptors (Lipinski definition) is 10. The van der Waals surface area contributed by atoms with E-state index in [0.717, 1.165) is 0 Å². The molecule has 2 amide bonds. The van der Waals surface area contributed by atoms with E-state index in [1.165, 1.54) is 11.0 Å². The van der Waals surface area contributed by atoms with Crippen molar-refractivity contribution in [2.24, 2.45) is 17.6 Å². The Kier molecular flexibility index (Phi) is 8.31. The number of para-hydroxylation sites is 1. The Hall–Kier alpha value is -4.23. The lowest BCUT2D eigenvalue weighted by atomic mass is 9.58. The maximum absolute atomic E-state index is 13.9. The van der Waals surface area contributed by atoms with Crippen LogP contribution in [0.1, 0.15) is 41.8 Å². The Labute approximate surface area is 270 Å². The van der Waals surface area contributed by atoms with Crippen LogP contribution in [0.25, 0.3) is 0 Å². The van der Waals surface area contributed by atoms with Gasteiger partial charge in [-0.3, -0.25) is 29.0 Å². The number of anilines is 1. The summed E-state index contributed by atoms with van der Waals surface area (Å²) >= 11 is 6.90. The number of carbonyl (C=O) groups excluding carboxylic acids is 4. The summed E-state index contributed by atoms with van der Waals surface area (Å²) in [7, 11) is 4.85. The molecule has 0 aromatic heterocycles. The molecule has 2 aromatic carbocycles. The molecule has 4 atom stereocenters. The summed E-state index contributed by atoms with van der Waals surface area (Å²) in [4.78, 5) is 56.0. The van der Waals surface area contributed by atoms with Gasteiger partial charge in [-0.1, -0.05) is 29.8 Å². The van der Waals surface area contributed by atoms with Crippen LogP contribution in [0.4, 0.5) is 5.69 Å². The number of amides is 2. The van der Waals surface area contributed by atoms with Gasteiger partial charge in [0.2, 0.25) is 11.7 Å². The summed E-state index contributed by atoms with van der Waals surface area (Å²) in [5.41, 5.74) is 1.71. The first-order valence-corrected chi connectivity index (χ1v) is 15.1. The Morgan fingerprint density at radius 1 is 1.11 bits per heavy atom. The fourth-order valence-electron chi connectivity index (χ4n) is 6.90. The number of nitrogens with zero attached hydrogens (tertiary/aromatic N) is 2. The standard InChI is InChI=1S/C33H37ClN4O8/c1-32(2,31(45)36-17-9-7-6-8-10-17)38(5)14-16-13-20(39)22-18(24(16)34)11-15-12-19-25(37(3)4)27(41)23(30(35)44)29(43)33(19,46)28(42)21(15)26(22)40/h6-10,13,15,19,25,39,41-42,46H,11-12,14H2,1-5H3,(H2,35,44)(H,36,45)/t15-,19-,25-,33-/m0/s1.